The average molecular weight is 448 g/mol. The van der Waals surface area contributed by atoms with Crippen LogP contribution in [0.4, 0.5) is 10.5 Å². The number of alkyl carbamates (subject to hydrolysis) is 1. The Morgan fingerprint density at radius 1 is 0.879 bits per heavy atom. The highest BCUT2D eigenvalue weighted by Gasteiger charge is 2.28. The summed E-state index contributed by atoms with van der Waals surface area (Å²) in [7, 11) is 0. The van der Waals surface area contributed by atoms with Gasteiger partial charge in [-0.1, -0.05) is 48.5 Å². The van der Waals surface area contributed by atoms with Crippen LogP contribution < -0.4 is 10.1 Å². The number of benzene rings is 3. The van der Waals surface area contributed by atoms with Crippen LogP contribution >= 0.6 is 0 Å². The molecule has 0 saturated heterocycles. The minimum absolute atomic E-state index is 0.0120. The van der Waals surface area contributed by atoms with Gasteiger partial charge in [-0.2, -0.15) is 0 Å². The lowest BCUT2D eigenvalue weighted by Gasteiger charge is -2.14. The lowest BCUT2D eigenvalue weighted by atomic mass is 9.98. The molecule has 0 bridgehead atoms. The Bertz CT molecular complexity index is 1070. The van der Waals surface area contributed by atoms with Crippen LogP contribution in [-0.2, 0) is 9.47 Å². The van der Waals surface area contributed by atoms with Crippen molar-refractivity contribution in [1.82, 2.24) is 5.32 Å². The van der Waals surface area contributed by atoms with Crippen LogP contribution in [-0.4, -0.2) is 44.0 Å². The fourth-order valence-corrected chi connectivity index (χ4v) is 3.86. The Morgan fingerprint density at radius 2 is 1.52 bits per heavy atom. The van der Waals surface area contributed by atoms with Crippen molar-refractivity contribution in [3.05, 3.63) is 94.0 Å². The topological polar surface area (TPSA) is 99.9 Å². The molecule has 1 N–H and O–H groups in total. The summed E-state index contributed by atoms with van der Waals surface area (Å²) < 4.78 is 16.4. The minimum atomic E-state index is -0.484. The SMILES string of the molecule is O=C(NCCOCCOc1ccc([N+](=O)[O-])cc1)OCC1c2ccccc2-c2ccccc21. The number of rotatable bonds is 10. The number of carbonyl (C=O) groups is 1. The second-order valence-electron chi connectivity index (χ2n) is 7.46. The Hall–Kier alpha value is -3.91. The second kappa shape index (κ2) is 10.6. The van der Waals surface area contributed by atoms with E-state index in [4.69, 9.17) is 14.2 Å². The molecule has 0 aromatic heterocycles. The van der Waals surface area contributed by atoms with Crippen LogP contribution in [0.5, 0.6) is 5.75 Å². The van der Waals surface area contributed by atoms with Crippen molar-refractivity contribution in [3.63, 3.8) is 0 Å². The van der Waals surface area contributed by atoms with Gasteiger partial charge in [0.05, 0.1) is 18.1 Å². The highest BCUT2D eigenvalue weighted by molar-refractivity contribution is 5.79. The first kappa shape index (κ1) is 22.3. The average Bonchev–Trinajstić information content (AvgIpc) is 3.16. The predicted molar refractivity (Wildman–Crippen MR) is 122 cm³/mol. The van der Waals surface area contributed by atoms with Crippen molar-refractivity contribution >= 4 is 11.8 Å². The van der Waals surface area contributed by atoms with Crippen LogP contribution in [0.15, 0.2) is 72.8 Å². The number of nitrogens with one attached hydrogen (secondary N) is 1. The van der Waals surface area contributed by atoms with E-state index in [0.717, 1.165) is 0 Å². The molecule has 0 saturated carbocycles. The molecule has 4 rings (SSSR count). The van der Waals surface area contributed by atoms with Crippen LogP contribution in [0.3, 0.4) is 0 Å². The van der Waals surface area contributed by atoms with E-state index in [-0.39, 0.29) is 18.2 Å². The molecule has 0 heterocycles. The maximum Gasteiger partial charge on any atom is 0.407 e. The fourth-order valence-electron chi connectivity index (χ4n) is 3.86. The summed E-state index contributed by atoms with van der Waals surface area (Å²) >= 11 is 0. The molecule has 1 amide bonds. The van der Waals surface area contributed by atoms with Gasteiger partial charge in [0.1, 0.15) is 19.0 Å². The normalized spacial score (nSPS) is 12.0. The number of non-ortho nitro benzene ring substituents is 1. The van der Waals surface area contributed by atoms with Gasteiger partial charge in [-0.3, -0.25) is 10.1 Å². The molecule has 8 nitrogen and oxygen atoms in total. The van der Waals surface area contributed by atoms with Crippen molar-refractivity contribution in [1.29, 1.82) is 0 Å². The van der Waals surface area contributed by atoms with E-state index in [2.05, 4.69) is 29.6 Å². The molecule has 0 unspecified atom stereocenters. The van der Waals surface area contributed by atoms with Gasteiger partial charge in [0.15, 0.2) is 0 Å². The van der Waals surface area contributed by atoms with Crippen molar-refractivity contribution in [2.75, 3.05) is 33.0 Å². The number of hydrogen-bond acceptors (Lipinski definition) is 6. The number of hydrogen-bond donors (Lipinski definition) is 1. The van der Waals surface area contributed by atoms with Gasteiger partial charge in [-0.05, 0) is 34.4 Å². The largest absolute Gasteiger partial charge is 0.491 e. The standard InChI is InChI=1S/C25H24N2O6/c28-25(26-13-14-31-15-16-32-19-11-9-18(10-12-19)27(29)30)33-17-24-22-7-3-1-5-20(22)21-6-2-4-8-23(21)24/h1-12,24H,13-17H2,(H,26,28). The summed E-state index contributed by atoms with van der Waals surface area (Å²) in [6, 6.07) is 22.2. The Balaban J connectivity index is 1.13. The smallest absolute Gasteiger partial charge is 0.407 e. The van der Waals surface area contributed by atoms with E-state index < -0.39 is 11.0 Å². The molecule has 0 aliphatic heterocycles. The van der Waals surface area contributed by atoms with E-state index in [9.17, 15) is 14.9 Å². The molecule has 3 aromatic rings. The maximum absolute atomic E-state index is 12.1. The van der Waals surface area contributed by atoms with Gasteiger partial charge in [0, 0.05) is 24.6 Å². The Morgan fingerprint density at radius 3 is 2.15 bits per heavy atom. The van der Waals surface area contributed by atoms with E-state index in [0.29, 0.717) is 32.1 Å². The number of nitro groups is 1. The highest BCUT2D eigenvalue weighted by Crippen LogP contribution is 2.44. The maximum atomic E-state index is 12.1. The lowest BCUT2D eigenvalue weighted by molar-refractivity contribution is -0.384. The third kappa shape index (κ3) is 5.48. The molecule has 170 valence electrons. The number of fused-ring (bicyclic) bond motifs is 3. The van der Waals surface area contributed by atoms with Crippen LogP contribution in [0, 0.1) is 10.1 Å². The molecule has 1 aliphatic rings. The zero-order valence-corrected chi connectivity index (χ0v) is 17.9. The van der Waals surface area contributed by atoms with Crippen molar-refractivity contribution in [2.45, 2.75) is 5.92 Å². The Labute approximate surface area is 191 Å². The number of ether oxygens (including phenoxy) is 3. The number of amides is 1. The second-order valence-corrected chi connectivity index (χ2v) is 7.46. The first-order valence-electron chi connectivity index (χ1n) is 10.7. The molecule has 8 heteroatoms. The predicted octanol–water partition coefficient (Wildman–Crippen LogP) is 4.53. The summed E-state index contributed by atoms with van der Waals surface area (Å²) in [5.74, 6) is 0.553. The van der Waals surface area contributed by atoms with E-state index in [1.807, 2.05) is 24.3 Å². The first-order valence-corrected chi connectivity index (χ1v) is 10.7. The summed E-state index contributed by atoms with van der Waals surface area (Å²) in [4.78, 5) is 22.3. The molecule has 0 fully saturated rings. The lowest BCUT2D eigenvalue weighted by Crippen LogP contribution is -2.29. The molecular weight excluding hydrogens is 424 g/mol. The molecule has 0 radical (unpaired) electrons. The summed E-state index contributed by atoms with van der Waals surface area (Å²) in [5, 5.41) is 13.3. The number of carbonyl (C=O) groups excluding carboxylic acids is 1. The molecule has 33 heavy (non-hydrogen) atoms. The molecule has 0 spiro atoms. The van der Waals surface area contributed by atoms with Crippen LogP contribution in [0.25, 0.3) is 11.1 Å². The van der Waals surface area contributed by atoms with Crippen LogP contribution in [0.1, 0.15) is 17.0 Å². The van der Waals surface area contributed by atoms with Gasteiger partial charge in [0.25, 0.3) is 5.69 Å². The summed E-state index contributed by atoms with van der Waals surface area (Å²) in [5.41, 5.74) is 4.72. The third-order valence-corrected chi connectivity index (χ3v) is 5.40. The number of nitrogens with zero attached hydrogens (tertiary/aromatic N) is 1. The molecule has 3 aromatic carbocycles. The monoisotopic (exact) mass is 448 g/mol. The van der Waals surface area contributed by atoms with Crippen LogP contribution in [0.2, 0.25) is 0 Å². The molecule has 0 atom stereocenters. The third-order valence-electron chi connectivity index (χ3n) is 5.40. The highest BCUT2D eigenvalue weighted by atomic mass is 16.6. The van der Waals surface area contributed by atoms with Crippen molar-refractivity contribution in [3.8, 4) is 16.9 Å². The van der Waals surface area contributed by atoms with E-state index in [1.165, 1.54) is 46.5 Å². The van der Waals surface area contributed by atoms with Gasteiger partial charge in [-0.25, -0.2) is 4.79 Å². The zero-order chi connectivity index (χ0) is 23.0. The summed E-state index contributed by atoms with van der Waals surface area (Å²) in [6.45, 7) is 1.51. The van der Waals surface area contributed by atoms with Crippen molar-refractivity contribution < 1.29 is 23.9 Å². The number of nitro benzene ring substituents is 1. The zero-order valence-electron chi connectivity index (χ0n) is 17.9. The summed E-state index contributed by atoms with van der Waals surface area (Å²) in [6.07, 6.45) is -0.484. The van der Waals surface area contributed by atoms with E-state index >= 15 is 0 Å². The fraction of sp³-hybridized carbons (Fsp3) is 0.240. The quantitative estimate of drug-likeness (QED) is 0.278. The van der Waals surface area contributed by atoms with Crippen molar-refractivity contribution in [2.24, 2.45) is 0 Å². The minimum Gasteiger partial charge on any atom is -0.491 e. The van der Waals surface area contributed by atoms with Gasteiger partial charge >= 0.3 is 6.09 Å². The van der Waals surface area contributed by atoms with E-state index in [1.54, 1.807) is 0 Å². The Kier molecular flexibility index (Phi) is 7.16. The van der Waals surface area contributed by atoms with Gasteiger partial charge < -0.3 is 19.5 Å². The van der Waals surface area contributed by atoms with Gasteiger partial charge in [0.2, 0.25) is 0 Å². The molecule has 1 aliphatic carbocycles. The van der Waals surface area contributed by atoms with Gasteiger partial charge in [-0.15, -0.1) is 0 Å². The first-order chi connectivity index (χ1) is 16.1. The molecular formula is C25H24N2O6.